The van der Waals surface area contributed by atoms with Crippen LogP contribution in [-0.4, -0.2) is 5.91 Å². The van der Waals surface area contributed by atoms with Gasteiger partial charge in [-0.25, -0.2) is 5.84 Å². The maximum Gasteiger partial charge on any atom is 1.00 e. The number of nitrogens with two attached hydrogens (primary N) is 1. The normalized spacial score (nSPS) is 8.09. The van der Waals surface area contributed by atoms with Gasteiger partial charge in [-0.05, 0) is 12.1 Å². The van der Waals surface area contributed by atoms with Gasteiger partial charge in [-0.15, -0.1) is 0 Å². The number of rotatable bonds is 1. The zero-order valence-electron chi connectivity index (χ0n) is 7.37. The van der Waals surface area contributed by atoms with Crippen LogP contribution in [0.15, 0.2) is 30.3 Å². The zero-order valence-corrected chi connectivity index (χ0v) is 9.50. The SMILES string of the molecule is NNC(=O)c1ccccc1.[H-].[K+]. The van der Waals surface area contributed by atoms with Gasteiger partial charge < -0.3 is 1.43 Å². The summed E-state index contributed by atoms with van der Waals surface area (Å²) >= 11 is 0. The first-order valence-corrected chi connectivity index (χ1v) is 2.90. The fourth-order valence-electron chi connectivity index (χ4n) is 0.673. The third-order valence-electron chi connectivity index (χ3n) is 1.17. The van der Waals surface area contributed by atoms with E-state index < -0.39 is 0 Å². The molecule has 0 radical (unpaired) electrons. The Morgan fingerprint density at radius 2 is 1.91 bits per heavy atom. The Hall–Kier alpha value is 0.286. The van der Waals surface area contributed by atoms with Gasteiger partial charge in [0.05, 0.1) is 0 Å². The predicted octanol–water partition coefficient (Wildman–Crippen LogP) is -2.59. The molecule has 0 aliphatic rings. The van der Waals surface area contributed by atoms with Gasteiger partial charge in [-0.3, -0.25) is 10.2 Å². The molecule has 1 rings (SSSR count). The summed E-state index contributed by atoms with van der Waals surface area (Å²) in [5.74, 6) is 4.64. The molecule has 0 fully saturated rings. The van der Waals surface area contributed by atoms with Crippen molar-refractivity contribution in [3.63, 3.8) is 0 Å². The first-order chi connectivity index (χ1) is 4.84. The van der Waals surface area contributed by atoms with Gasteiger partial charge in [0.1, 0.15) is 0 Å². The summed E-state index contributed by atoms with van der Waals surface area (Å²) in [6.45, 7) is 0. The van der Waals surface area contributed by atoms with Crippen LogP contribution in [0.2, 0.25) is 0 Å². The van der Waals surface area contributed by atoms with Crippen molar-refractivity contribution in [2.45, 2.75) is 0 Å². The van der Waals surface area contributed by atoms with Crippen LogP contribution in [0.3, 0.4) is 0 Å². The van der Waals surface area contributed by atoms with Gasteiger partial charge in [0, 0.05) is 5.56 Å². The van der Waals surface area contributed by atoms with Crippen LogP contribution < -0.4 is 62.7 Å². The number of hydrogen-bond acceptors (Lipinski definition) is 2. The Morgan fingerprint density at radius 3 is 2.36 bits per heavy atom. The number of amides is 1. The summed E-state index contributed by atoms with van der Waals surface area (Å²) in [7, 11) is 0. The number of carbonyl (C=O) groups is 1. The van der Waals surface area contributed by atoms with Crippen LogP contribution in [0.5, 0.6) is 0 Å². The van der Waals surface area contributed by atoms with E-state index in [9.17, 15) is 4.79 Å². The molecule has 0 aromatic heterocycles. The van der Waals surface area contributed by atoms with E-state index in [0.29, 0.717) is 5.56 Å². The number of nitrogen functional groups attached to an aromatic ring is 1. The molecule has 3 N–H and O–H groups in total. The van der Waals surface area contributed by atoms with Crippen molar-refractivity contribution in [3.8, 4) is 0 Å². The van der Waals surface area contributed by atoms with Crippen molar-refractivity contribution in [1.82, 2.24) is 5.43 Å². The molecule has 1 aromatic rings. The van der Waals surface area contributed by atoms with Gasteiger partial charge in [-0.2, -0.15) is 0 Å². The predicted molar refractivity (Wildman–Crippen MR) is 39.2 cm³/mol. The maximum absolute atomic E-state index is 10.8. The quantitative estimate of drug-likeness (QED) is 0.213. The second-order valence-electron chi connectivity index (χ2n) is 1.84. The van der Waals surface area contributed by atoms with Crippen molar-refractivity contribution in [2.24, 2.45) is 5.84 Å². The Balaban J connectivity index is 0. The van der Waals surface area contributed by atoms with Crippen molar-refractivity contribution < 1.29 is 57.6 Å². The first-order valence-electron chi connectivity index (χ1n) is 2.90. The first kappa shape index (κ1) is 11.3. The molecule has 1 amide bonds. The van der Waals surface area contributed by atoms with Crippen molar-refractivity contribution in [3.05, 3.63) is 35.9 Å². The van der Waals surface area contributed by atoms with E-state index >= 15 is 0 Å². The molecule has 0 saturated heterocycles. The molecule has 0 bridgehead atoms. The van der Waals surface area contributed by atoms with Crippen LogP contribution in [-0.2, 0) is 0 Å². The average Bonchev–Trinajstić information content (AvgIpc) is 2.05. The molecule has 1 aromatic carbocycles. The molecule has 0 atom stereocenters. The summed E-state index contributed by atoms with van der Waals surface area (Å²) in [5, 5.41) is 0. The van der Waals surface area contributed by atoms with Gasteiger partial charge in [-0.1, -0.05) is 18.2 Å². The fraction of sp³-hybridized carbons (Fsp3) is 0. The van der Waals surface area contributed by atoms with Crippen molar-refractivity contribution in [1.29, 1.82) is 0 Å². The number of benzene rings is 1. The number of hydrogen-bond donors (Lipinski definition) is 2. The van der Waals surface area contributed by atoms with E-state index in [4.69, 9.17) is 5.84 Å². The van der Waals surface area contributed by atoms with E-state index in [0.717, 1.165) is 0 Å². The number of hydrazine groups is 1. The molecule has 3 nitrogen and oxygen atoms in total. The standard InChI is InChI=1S/C7H8N2O.K.H/c8-9-7(10)6-4-2-1-3-5-6;;/h1-5H,8H2,(H,9,10);;/q;+1;-1. The van der Waals surface area contributed by atoms with E-state index in [1.54, 1.807) is 24.3 Å². The molecule has 0 heterocycles. The van der Waals surface area contributed by atoms with Crippen LogP contribution in [0.25, 0.3) is 0 Å². The minimum absolute atomic E-state index is 0. The van der Waals surface area contributed by atoms with Gasteiger partial charge in [0.2, 0.25) is 0 Å². The molecule has 0 saturated carbocycles. The molecule has 4 heteroatoms. The molecular formula is C7H9KN2O. The molecule has 11 heavy (non-hydrogen) atoms. The minimum Gasteiger partial charge on any atom is -1.00 e. The Labute approximate surface area is 109 Å². The summed E-state index contributed by atoms with van der Waals surface area (Å²) in [5.41, 5.74) is 2.62. The van der Waals surface area contributed by atoms with Crippen LogP contribution in [0.4, 0.5) is 0 Å². The molecule has 0 aliphatic carbocycles. The number of carbonyl (C=O) groups excluding carboxylic acids is 1. The summed E-state index contributed by atoms with van der Waals surface area (Å²) < 4.78 is 0. The maximum atomic E-state index is 10.8. The van der Waals surface area contributed by atoms with E-state index in [1.807, 2.05) is 11.5 Å². The molecule has 54 valence electrons. The van der Waals surface area contributed by atoms with Crippen LogP contribution in [0, 0.1) is 0 Å². The molecule has 0 unspecified atom stereocenters. The van der Waals surface area contributed by atoms with Crippen LogP contribution >= 0.6 is 0 Å². The largest absolute Gasteiger partial charge is 1.00 e. The third-order valence-corrected chi connectivity index (χ3v) is 1.17. The monoisotopic (exact) mass is 176 g/mol. The molecule has 0 aliphatic heterocycles. The molecule has 0 spiro atoms. The zero-order chi connectivity index (χ0) is 7.40. The van der Waals surface area contributed by atoms with E-state index in [2.05, 4.69) is 0 Å². The molecular weight excluding hydrogens is 167 g/mol. The smallest absolute Gasteiger partial charge is 1.00 e. The Bertz CT molecular complexity index is 230. The van der Waals surface area contributed by atoms with Gasteiger partial charge in [0.25, 0.3) is 5.91 Å². The van der Waals surface area contributed by atoms with Crippen molar-refractivity contribution >= 4 is 5.91 Å². The van der Waals surface area contributed by atoms with E-state index in [1.165, 1.54) is 0 Å². The van der Waals surface area contributed by atoms with Crippen LogP contribution in [0.1, 0.15) is 11.8 Å². The average molecular weight is 176 g/mol. The summed E-state index contributed by atoms with van der Waals surface area (Å²) in [6.07, 6.45) is 0. The summed E-state index contributed by atoms with van der Waals surface area (Å²) in [6, 6.07) is 8.80. The third kappa shape index (κ3) is 3.46. The van der Waals surface area contributed by atoms with Gasteiger partial charge >= 0.3 is 51.4 Å². The number of nitrogens with one attached hydrogen (secondary N) is 1. The minimum atomic E-state index is -0.263. The second-order valence-corrected chi connectivity index (χ2v) is 1.84. The van der Waals surface area contributed by atoms with Crippen molar-refractivity contribution in [2.75, 3.05) is 0 Å². The van der Waals surface area contributed by atoms with Gasteiger partial charge in [0.15, 0.2) is 0 Å². The Kier molecular flexibility index (Phi) is 6.03. The topological polar surface area (TPSA) is 55.1 Å². The second kappa shape index (κ2) is 5.88. The Morgan fingerprint density at radius 1 is 1.36 bits per heavy atom. The summed E-state index contributed by atoms with van der Waals surface area (Å²) in [4.78, 5) is 10.8. The fourth-order valence-corrected chi connectivity index (χ4v) is 0.673. The van der Waals surface area contributed by atoms with E-state index in [-0.39, 0.29) is 58.7 Å².